The summed E-state index contributed by atoms with van der Waals surface area (Å²) in [6, 6.07) is 14.7. The van der Waals surface area contributed by atoms with Crippen molar-refractivity contribution in [3.8, 4) is 0 Å². The van der Waals surface area contributed by atoms with Crippen LogP contribution in [0.2, 0.25) is 0 Å². The Kier molecular flexibility index (Phi) is 7.91. The molecule has 2 amide bonds. The first-order valence-corrected chi connectivity index (χ1v) is 12.0. The maximum atomic E-state index is 13.1. The fourth-order valence-electron chi connectivity index (χ4n) is 4.17. The van der Waals surface area contributed by atoms with Gasteiger partial charge < -0.3 is 15.5 Å². The molecule has 4 rings (SSSR count). The summed E-state index contributed by atoms with van der Waals surface area (Å²) in [6.45, 7) is 4.75. The van der Waals surface area contributed by atoms with Gasteiger partial charge in [-0.25, -0.2) is 9.67 Å². The minimum absolute atomic E-state index is 0.192. The first-order chi connectivity index (χ1) is 16.6. The number of rotatable bonds is 10. The number of nitrogens with zero attached hydrogens (tertiary/aromatic N) is 4. The molecule has 1 fully saturated rings. The van der Waals surface area contributed by atoms with E-state index in [1.54, 1.807) is 23.1 Å². The van der Waals surface area contributed by atoms with Gasteiger partial charge >= 0.3 is 0 Å². The molecule has 2 heterocycles. The molecule has 0 bridgehead atoms. The van der Waals surface area contributed by atoms with Crippen LogP contribution in [0.4, 0.5) is 11.4 Å². The van der Waals surface area contributed by atoms with Crippen LogP contribution in [-0.2, 0) is 11.3 Å². The molecule has 0 saturated carbocycles. The molecule has 2 aromatic carbocycles. The largest absolute Gasteiger partial charge is 0.371 e. The van der Waals surface area contributed by atoms with E-state index >= 15 is 0 Å². The van der Waals surface area contributed by atoms with Crippen molar-refractivity contribution >= 4 is 23.2 Å². The third kappa shape index (κ3) is 6.21. The van der Waals surface area contributed by atoms with E-state index in [0.717, 1.165) is 42.9 Å². The SMILES string of the molecule is CCCCC(NC(=O)c1ccc(Cn2cncn2)cc1)C(=O)Nc1cccc(N2CCCC2)c1. The van der Waals surface area contributed by atoms with Gasteiger partial charge in [0.05, 0.1) is 6.54 Å². The number of amides is 2. The highest BCUT2D eigenvalue weighted by atomic mass is 16.2. The van der Waals surface area contributed by atoms with Crippen LogP contribution in [0.1, 0.15) is 54.9 Å². The molecule has 3 aromatic rings. The number of hydrogen-bond donors (Lipinski definition) is 2. The first-order valence-electron chi connectivity index (χ1n) is 12.0. The van der Waals surface area contributed by atoms with Crippen LogP contribution in [0, 0.1) is 0 Å². The molecule has 0 spiro atoms. The molecule has 34 heavy (non-hydrogen) atoms. The number of hydrogen-bond acceptors (Lipinski definition) is 5. The molecule has 1 aliphatic rings. The molecule has 178 valence electrons. The van der Waals surface area contributed by atoms with Gasteiger partial charge in [-0.05, 0) is 55.2 Å². The lowest BCUT2D eigenvalue weighted by Gasteiger charge is -2.21. The molecular formula is C26H32N6O2. The van der Waals surface area contributed by atoms with Crippen molar-refractivity contribution in [3.05, 3.63) is 72.3 Å². The number of carbonyl (C=O) groups excluding carboxylic acids is 2. The highest BCUT2D eigenvalue weighted by Crippen LogP contribution is 2.23. The normalized spacial score (nSPS) is 14.1. The molecule has 1 unspecified atom stereocenters. The van der Waals surface area contributed by atoms with Crippen LogP contribution in [0.5, 0.6) is 0 Å². The van der Waals surface area contributed by atoms with Crippen LogP contribution in [0.25, 0.3) is 0 Å². The number of carbonyl (C=O) groups is 2. The van der Waals surface area contributed by atoms with Crippen molar-refractivity contribution in [3.63, 3.8) is 0 Å². The van der Waals surface area contributed by atoms with E-state index in [1.165, 1.54) is 19.2 Å². The predicted molar refractivity (Wildman–Crippen MR) is 133 cm³/mol. The Hall–Kier alpha value is -3.68. The number of benzene rings is 2. The first kappa shape index (κ1) is 23.5. The summed E-state index contributed by atoms with van der Waals surface area (Å²) in [5.74, 6) is -0.447. The molecule has 1 atom stereocenters. The Bertz CT molecular complexity index is 1070. The number of anilines is 2. The zero-order chi connectivity index (χ0) is 23.8. The van der Waals surface area contributed by atoms with Gasteiger partial charge in [-0.2, -0.15) is 5.10 Å². The Labute approximate surface area is 200 Å². The molecule has 8 nitrogen and oxygen atoms in total. The highest BCUT2D eigenvalue weighted by Gasteiger charge is 2.22. The zero-order valence-electron chi connectivity index (χ0n) is 19.6. The molecule has 0 radical (unpaired) electrons. The minimum Gasteiger partial charge on any atom is -0.371 e. The fraction of sp³-hybridized carbons (Fsp3) is 0.385. The molecule has 8 heteroatoms. The van der Waals surface area contributed by atoms with Crippen LogP contribution < -0.4 is 15.5 Å². The quantitative estimate of drug-likeness (QED) is 0.479. The van der Waals surface area contributed by atoms with E-state index in [9.17, 15) is 9.59 Å². The predicted octanol–water partition coefficient (Wildman–Crippen LogP) is 3.85. The Morgan fingerprint density at radius 1 is 1.09 bits per heavy atom. The highest BCUT2D eigenvalue weighted by molar-refractivity contribution is 6.01. The Morgan fingerprint density at radius 2 is 1.88 bits per heavy atom. The Morgan fingerprint density at radius 3 is 2.59 bits per heavy atom. The van der Waals surface area contributed by atoms with Crippen molar-refractivity contribution in [2.45, 2.75) is 51.6 Å². The van der Waals surface area contributed by atoms with Crippen molar-refractivity contribution in [2.75, 3.05) is 23.3 Å². The van der Waals surface area contributed by atoms with Gasteiger partial charge in [0.25, 0.3) is 5.91 Å². The van der Waals surface area contributed by atoms with E-state index in [2.05, 4.69) is 38.6 Å². The maximum Gasteiger partial charge on any atom is 0.251 e. The van der Waals surface area contributed by atoms with Crippen molar-refractivity contribution in [1.29, 1.82) is 0 Å². The van der Waals surface area contributed by atoms with Gasteiger partial charge in [0, 0.05) is 30.0 Å². The molecule has 1 saturated heterocycles. The Balaban J connectivity index is 1.39. The number of aromatic nitrogens is 3. The average molecular weight is 461 g/mol. The van der Waals surface area contributed by atoms with E-state index in [4.69, 9.17) is 0 Å². The second-order valence-corrected chi connectivity index (χ2v) is 8.69. The second-order valence-electron chi connectivity index (χ2n) is 8.69. The number of nitrogens with one attached hydrogen (secondary N) is 2. The second kappa shape index (κ2) is 11.4. The van der Waals surface area contributed by atoms with Crippen LogP contribution in [-0.4, -0.2) is 45.7 Å². The maximum absolute atomic E-state index is 13.1. The van der Waals surface area contributed by atoms with Gasteiger partial charge in [-0.1, -0.05) is 38.0 Å². The fourth-order valence-corrected chi connectivity index (χ4v) is 4.17. The third-order valence-corrected chi connectivity index (χ3v) is 6.08. The standard InChI is InChI=1S/C26H32N6O2/c1-2-3-9-24(26(34)29-22-7-6-8-23(16-22)31-14-4-5-15-31)30-25(33)21-12-10-20(11-13-21)17-32-19-27-18-28-32/h6-8,10-13,16,18-19,24H,2-5,9,14-15,17H2,1H3,(H,29,34)(H,30,33). The molecule has 0 aliphatic carbocycles. The van der Waals surface area contributed by atoms with E-state index < -0.39 is 6.04 Å². The summed E-state index contributed by atoms with van der Waals surface area (Å²) >= 11 is 0. The smallest absolute Gasteiger partial charge is 0.251 e. The van der Waals surface area contributed by atoms with Crippen LogP contribution in [0.3, 0.4) is 0 Å². The molecule has 1 aliphatic heterocycles. The topological polar surface area (TPSA) is 92.1 Å². The average Bonchev–Trinajstić information content (AvgIpc) is 3.57. The summed E-state index contributed by atoms with van der Waals surface area (Å²) in [5.41, 5.74) is 3.41. The molecule has 2 N–H and O–H groups in total. The summed E-state index contributed by atoms with van der Waals surface area (Å²) < 4.78 is 1.72. The van der Waals surface area contributed by atoms with Gasteiger partial charge in [-0.3, -0.25) is 9.59 Å². The van der Waals surface area contributed by atoms with Crippen molar-refractivity contribution < 1.29 is 9.59 Å². The minimum atomic E-state index is -0.599. The summed E-state index contributed by atoms with van der Waals surface area (Å²) in [5, 5.41) is 10.0. The van der Waals surface area contributed by atoms with Crippen molar-refractivity contribution in [2.24, 2.45) is 0 Å². The lowest BCUT2D eigenvalue weighted by molar-refractivity contribution is -0.118. The monoisotopic (exact) mass is 460 g/mol. The summed E-state index contributed by atoms with van der Waals surface area (Å²) in [4.78, 5) is 32.3. The molecule has 1 aromatic heterocycles. The zero-order valence-corrected chi connectivity index (χ0v) is 19.6. The van der Waals surface area contributed by atoms with Crippen LogP contribution >= 0.6 is 0 Å². The van der Waals surface area contributed by atoms with E-state index in [1.807, 2.05) is 30.3 Å². The third-order valence-electron chi connectivity index (χ3n) is 6.08. The van der Waals surface area contributed by atoms with E-state index in [0.29, 0.717) is 18.5 Å². The van der Waals surface area contributed by atoms with Gasteiger partial charge in [0.1, 0.15) is 18.7 Å². The van der Waals surface area contributed by atoms with E-state index in [-0.39, 0.29) is 11.8 Å². The lowest BCUT2D eigenvalue weighted by Crippen LogP contribution is -2.43. The van der Waals surface area contributed by atoms with Crippen LogP contribution in [0.15, 0.2) is 61.2 Å². The summed E-state index contributed by atoms with van der Waals surface area (Å²) in [7, 11) is 0. The van der Waals surface area contributed by atoms with Crippen molar-refractivity contribution in [1.82, 2.24) is 20.1 Å². The van der Waals surface area contributed by atoms with Gasteiger partial charge in [0.15, 0.2) is 0 Å². The van der Waals surface area contributed by atoms with Gasteiger partial charge in [0.2, 0.25) is 5.91 Å². The molecular weight excluding hydrogens is 428 g/mol. The summed E-state index contributed by atoms with van der Waals surface area (Å²) in [6.07, 6.45) is 7.92. The lowest BCUT2D eigenvalue weighted by atomic mass is 10.1. The number of unbranched alkanes of at least 4 members (excludes halogenated alkanes) is 1. The van der Waals surface area contributed by atoms with Gasteiger partial charge in [-0.15, -0.1) is 0 Å².